The van der Waals surface area contributed by atoms with Crippen molar-refractivity contribution in [2.24, 2.45) is 0 Å². The van der Waals surface area contributed by atoms with Gasteiger partial charge in [-0.05, 0) is 6.92 Å². The van der Waals surface area contributed by atoms with Crippen LogP contribution in [0, 0.1) is 0 Å². The number of hydrogen-bond donors (Lipinski definition) is 3. The Morgan fingerprint density at radius 2 is 2.20 bits per heavy atom. The number of H-pyrrole nitrogens is 1. The molecule has 3 N–H and O–H groups in total. The van der Waals surface area contributed by atoms with Gasteiger partial charge in [-0.25, -0.2) is 13.4 Å². The number of sulfonamides is 1. The summed E-state index contributed by atoms with van der Waals surface area (Å²) in [5.41, 5.74) is 0. The topological polar surface area (TPSA) is 130 Å². The number of anilines is 1. The van der Waals surface area contributed by atoms with Gasteiger partial charge in [-0.2, -0.15) is 4.72 Å². The summed E-state index contributed by atoms with van der Waals surface area (Å²) in [5.74, 6) is 0.141. The number of rotatable bonds is 5. The first-order chi connectivity index (χ1) is 9.38. The van der Waals surface area contributed by atoms with Gasteiger partial charge in [0.1, 0.15) is 5.82 Å². The first-order valence-corrected chi connectivity index (χ1v) is 7.81. The van der Waals surface area contributed by atoms with Gasteiger partial charge in [-0.15, -0.1) is 10.2 Å². The summed E-state index contributed by atoms with van der Waals surface area (Å²) in [7, 11) is -3.82. The molecular formula is C9H12N6O3S2. The third kappa shape index (κ3) is 3.37. The predicted octanol–water partition coefficient (Wildman–Crippen LogP) is 0.259. The first kappa shape index (κ1) is 14.6. The number of hydrogen-bond acceptors (Lipinski definition) is 7. The van der Waals surface area contributed by atoms with Crippen LogP contribution in [0.4, 0.5) is 5.13 Å². The van der Waals surface area contributed by atoms with Gasteiger partial charge in [-0.3, -0.25) is 4.79 Å². The van der Waals surface area contributed by atoms with Crippen LogP contribution in [0.15, 0.2) is 16.7 Å². The monoisotopic (exact) mass is 316 g/mol. The molecule has 0 fully saturated rings. The average Bonchev–Trinajstić information content (AvgIpc) is 2.97. The Balaban J connectivity index is 2.14. The SMILES string of the molecule is CC(=O)Nc1nnc(S(=O)(=O)NC(C)c2ncc[nH]2)s1. The molecule has 0 aliphatic heterocycles. The van der Waals surface area contributed by atoms with E-state index in [4.69, 9.17) is 0 Å². The minimum Gasteiger partial charge on any atom is -0.347 e. The van der Waals surface area contributed by atoms with Gasteiger partial charge >= 0.3 is 0 Å². The van der Waals surface area contributed by atoms with E-state index in [-0.39, 0.29) is 15.4 Å². The fourth-order valence-corrected chi connectivity index (χ4v) is 3.54. The Labute approximate surface area is 118 Å². The molecule has 9 nitrogen and oxygen atoms in total. The normalized spacial score (nSPS) is 13.1. The highest BCUT2D eigenvalue weighted by Crippen LogP contribution is 2.21. The van der Waals surface area contributed by atoms with Crippen LogP contribution in [-0.4, -0.2) is 34.5 Å². The van der Waals surface area contributed by atoms with E-state index < -0.39 is 16.1 Å². The molecule has 0 bridgehead atoms. The van der Waals surface area contributed by atoms with Crippen molar-refractivity contribution in [3.05, 3.63) is 18.2 Å². The van der Waals surface area contributed by atoms with Gasteiger partial charge in [0.25, 0.3) is 10.0 Å². The molecule has 0 spiro atoms. The second-order valence-electron chi connectivity index (χ2n) is 3.87. The van der Waals surface area contributed by atoms with E-state index in [1.807, 2.05) is 0 Å². The van der Waals surface area contributed by atoms with Crippen LogP contribution in [0.25, 0.3) is 0 Å². The summed E-state index contributed by atoms with van der Waals surface area (Å²) in [6, 6.07) is -0.539. The van der Waals surface area contributed by atoms with Crippen LogP contribution in [0.3, 0.4) is 0 Å². The van der Waals surface area contributed by atoms with Gasteiger partial charge in [0, 0.05) is 19.3 Å². The number of aromatic nitrogens is 4. The third-order valence-electron chi connectivity index (χ3n) is 2.18. The number of amides is 1. The molecule has 2 rings (SSSR count). The van der Waals surface area contributed by atoms with Crippen molar-refractivity contribution in [3.63, 3.8) is 0 Å². The van der Waals surface area contributed by atoms with Gasteiger partial charge in [0.05, 0.1) is 6.04 Å². The standard InChI is InChI=1S/C9H12N6O3S2/c1-5(7-10-3-4-11-7)15-20(17,18)9-14-13-8(19-9)12-6(2)16/h3-5,15H,1-2H3,(H,10,11)(H,12,13,16). The molecule has 0 radical (unpaired) electrons. The highest BCUT2D eigenvalue weighted by atomic mass is 32.2. The Morgan fingerprint density at radius 3 is 2.80 bits per heavy atom. The summed E-state index contributed by atoms with van der Waals surface area (Å²) in [6.45, 7) is 2.94. The number of nitrogens with zero attached hydrogens (tertiary/aromatic N) is 3. The van der Waals surface area contributed by atoms with E-state index in [0.29, 0.717) is 5.82 Å². The molecule has 1 amide bonds. The van der Waals surface area contributed by atoms with E-state index in [1.165, 1.54) is 13.1 Å². The van der Waals surface area contributed by atoms with E-state index in [2.05, 4.69) is 30.2 Å². The fourth-order valence-electron chi connectivity index (χ4n) is 1.37. The largest absolute Gasteiger partial charge is 0.347 e. The van der Waals surface area contributed by atoms with Crippen LogP contribution in [0.5, 0.6) is 0 Å². The minimum absolute atomic E-state index is 0.128. The molecule has 0 aliphatic carbocycles. The molecule has 0 aliphatic rings. The quantitative estimate of drug-likeness (QED) is 0.678. The van der Waals surface area contributed by atoms with Crippen molar-refractivity contribution in [1.29, 1.82) is 0 Å². The second-order valence-corrected chi connectivity index (χ2v) is 6.74. The lowest BCUT2D eigenvalue weighted by molar-refractivity contribution is -0.114. The average molecular weight is 316 g/mol. The predicted molar refractivity (Wildman–Crippen MR) is 71.5 cm³/mol. The fraction of sp³-hybridized carbons (Fsp3) is 0.333. The van der Waals surface area contributed by atoms with Crippen LogP contribution < -0.4 is 10.0 Å². The van der Waals surface area contributed by atoms with Crippen LogP contribution in [-0.2, 0) is 14.8 Å². The van der Waals surface area contributed by atoms with Gasteiger partial charge in [-0.1, -0.05) is 11.3 Å². The molecule has 11 heteroatoms. The summed E-state index contributed by atoms with van der Waals surface area (Å²) < 4.78 is 26.4. The van der Waals surface area contributed by atoms with Gasteiger partial charge < -0.3 is 10.3 Å². The highest BCUT2D eigenvalue weighted by Gasteiger charge is 2.24. The van der Waals surface area contributed by atoms with Gasteiger partial charge in [0.2, 0.25) is 15.4 Å². The molecule has 1 unspecified atom stereocenters. The summed E-state index contributed by atoms with van der Waals surface area (Å²) in [5, 5.41) is 9.64. The first-order valence-electron chi connectivity index (χ1n) is 5.51. The lowest BCUT2D eigenvalue weighted by Gasteiger charge is -2.09. The highest BCUT2D eigenvalue weighted by molar-refractivity contribution is 7.91. The minimum atomic E-state index is -3.82. The maximum atomic E-state index is 12.1. The summed E-state index contributed by atoms with van der Waals surface area (Å²) >= 11 is 0.772. The molecule has 0 saturated carbocycles. The third-order valence-corrected chi connectivity index (χ3v) is 4.93. The molecule has 0 aromatic carbocycles. The van der Waals surface area contributed by atoms with Crippen molar-refractivity contribution in [2.75, 3.05) is 5.32 Å². The van der Waals surface area contributed by atoms with Crippen molar-refractivity contribution in [2.45, 2.75) is 24.2 Å². The van der Waals surface area contributed by atoms with E-state index in [1.54, 1.807) is 13.1 Å². The van der Waals surface area contributed by atoms with E-state index >= 15 is 0 Å². The number of nitrogens with one attached hydrogen (secondary N) is 3. The van der Waals surface area contributed by atoms with E-state index in [9.17, 15) is 13.2 Å². The Morgan fingerprint density at radius 1 is 1.45 bits per heavy atom. The zero-order valence-electron chi connectivity index (χ0n) is 10.6. The van der Waals surface area contributed by atoms with Crippen LogP contribution in [0.1, 0.15) is 25.7 Å². The second kappa shape index (κ2) is 5.64. The molecule has 2 heterocycles. The molecule has 2 aromatic heterocycles. The lowest BCUT2D eigenvalue weighted by Crippen LogP contribution is -2.27. The zero-order chi connectivity index (χ0) is 14.8. The van der Waals surface area contributed by atoms with Crippen LogP contribution >= 0.6 is 11.3 Å². The molecule has 1 atom stereocenters. The molecule has 108 valence electrons. The summed E-state index contributed by atoms with van der Waals surface area (Å²) in [6.07, 6.45) is 3.12. The Hall–Kier alpha value is -1.85. The Bertz CT molecular complexity index is 693. The number of carbonyl (C=O) groups is 1. The van der Waals surface area contributed by atoms with Crippen molar-refractivity contribution in [3.8, 4) is 0 Å². The number of imidazole rings is 1. The molecule has 2 aromatic rings. The smallest absolute Gasteiger partial charge is 0.270 e. The number of aromatic amines is 1. The molecule has 20 heavy (non-hydrogen) atoms. The molecule has 0 saturated heterocycles. The maximum Gasteiger partial charge on any atom is 0.270 e. The maximum absolute atomic E-state index is 12.1. The number of carbonyl (C=O) groups excluding carboxylic acids is 1. The van der Waals surface area contributed by atoms with Crippen molar-refractivity contribution >= 4 is 32.4 Å². The summed E-state index contributed by atoms with van der Waals surface area (Å²) in [4.78, 5) is 17.6. The van der Waals surface area contributed by atoms with Crippen molar-refractivity contribution in [1.82, 2.24) is 24.9 Å². The van der Waals surface area contributed by atoms with Crippen LogP contribution in [0.2, 0.25) is 0 Å². The Kier molecular flexibility index (Phi) is 4.11. The molecular weight excluding hydrogens is 304 g/mol. The lowest BCUT2D eigenvalue weighted by atomic mass is 10.3. The van der Waals surface area contributed by atoms with E-state index in [0.717, 1.165) is 11.3 Å². The van der Waals surface area contributed by atoms with Gasteiger partial charge in [0.15, 0.2) is 0 Å². The van der Waals surface area contributed by atoms with Crippen molar-refractivity contribution < 1.29 is 13.2 Å². The zero-order valence-corrected chi connectivity index (χ0v) is 12.2.